The highest BCUT2D eigenvalue weighted by Crippen LogP contribution is 2.22. The SMILES string of the molecule is CO[C@H]1C[C@H](OC)[C@@H](NC(C)=O)[C@@H](C)O1. The summed E-state index contributed by atoms with van der Waals surface area (Å²) in [5.74, 6) is -0.0756. The summed E-state index contributed by atoms with van der Waals surface area (Å²) in [5.41, 5.74) is 0. The van der Waals surface area contributed by atoms with Gasteiger partial charge >= 0.3 is 0 Å². The standard InChI is InChI=1S/C10H19NO4/c1-6-10(11-7(2)12)8(13-3)5-9(14-4)15-6/h6,8-10H,5H2,1-4H3,(H,11,12)/t6-,8+,9-,10+/m1/s1. The Kier molecular flexibility index (Phi) is 4.50. The number of hydrogen-bond acceptors (Lipinski definition) is 4. The van der Waals surface area contributed by atoms with E-state index in [2.05, 4.69) is 5.32 Å². The zero-order valence-electron chi connectivity index (χ0n) is 9.65. The lowest BCUT2D eigenvalue weighted by molar-refractivity contribution is -0.214. The van der Waals surface area contributed by atoms with Crippen molar-refractivity contribution in [2.45, 2.75) is 44.8 Å². The van der Waals surface area contributed by atoms with Crippen molar-refractivity contribution < 1.29 is 19.0 Å². The van der Waals surface area contributed by atoms with Crippen LogP contribution in [0.25, 0.3) is 0 Å². The fourth-order valence-corrected chi connectivity index (χ4v) is 1.86. The van der Waals surface area contributed by atoms with E-state index < -0.39 is 0 Å². The fraction of sp³-hybridized carbons (Fsp3) is 0.900. The van der Waals surface area contributed by atoms with Gasteiger partial charge in [-0.3, -0.25) is 4.79 Å². The van der Waals surface area contributed by atoms with Gasteiger partial charge in [0.2, 0.25) is 5.91 Å². The molecule has 0 aliphatic carbocycles. The molecule has 1 N–H and O–H groups in total. The first-order valence-electron chi connectivity index (χ1n) is 5.06. The monoisotopic (exact) mass is 217 g/mol. The molecule has 0 aromatic rings. The largest absolute Gasteiger partial charge is 0.379 e. The second kappa shape index (κ2) is 5.44. The van der Waals surface area contributed by atoms with E-state index >= 15 is 0 Å². The van der Waals surface area contributed by atoms with Crippen molar-refractivity contribution in [1.82, 2.24) is 5.32 Å². The fourth-order valence-electron chi connectivity index (χ4n) is 1.86. The summed E-state index contributed by atoms with van der Waals surface area (Å²) in [4.78, 5) is 11.0. The normalized spacial score (nSPS) is 36.3. The van der Waals surface area contributed by atoms with Gasteiger partial charge in [0.15, 0.2) is 6.29 Å². The maximum Gasteiger partial charge on any atom is 0.217 e. The Bertz CT molecular complexity index is 221. The molecular formula is C10H19NO4. The third-order valence-corrected chi connectivity index (χ3v) is 2.63. The van der Waals surface area contributed by atoms with Crippen molar-refractivity contribution in [3.63, 3.8) is 0 Å². The summed E-state index contributed by atoms with van der Waals surface area (Å²) in [6, 6.07) is -0.112. The number of nitrogens with one attached hydrogen (secondary N) is 1. The molecule has 1 rings (SSSR count). The molecule has 5 nitrogen and oxygen atoms in total. The van der Waals surface area contributed by atoms with Crippen LogP contribution in [0.5, 0.6) is 0 Å². The molecule has 0 aromatic carbocycles. The summed E-state index contributed by atoms with van der Waals surface area (Å²) >= 11 is 0. The highest BCUT2D eigenvalue weighted by atomic mass is 16.7. The predicted octanol–water partition coefficient (Wildman–Crippen LogP) is 0.287. The average Bonchev–Trinajstić information content (AvgIpc) is 2.20. The molecule has 0 bridgehead atoms. The van der Waals surface area contributed by atoms with Crippen molar-refractivity contribution in [2.75, 3.05) is 14.2 Å². The molecule has 0 aromatic heterocycles. The molecule has 0 radical (unpaired) electrons. The van der Waals surface area contributed by atoms with Crippen molar-refractivity contribution in [3.05, 3.63) is 0 Å². The smallest absolute Gasteiger partial charge is 0.217 e. The Morgan fingerprint density at radius 3 is 2.53 bits per heavy atom. The lowest BCUT2D eigenvalue weighted by atomic mass is 9.99. The summed E-state index contributed by atoms with van der Waals surface area (Å²) < 4.78 is 16.0. The van der Waals surface area contributed by atoms with E-state index in [0.717, 1.165) is 0 Å². The number of ether oxygens (including phenoxy) is 3. The second-order valence-electron chi connectivity index (χ2n) is 3.74. The van der Waals surface area contributed by atoms with Crippen LogP contribution in [0.2, 0.25) is 0 Å². The number of amides is 1. The Balaban J connectivity index is 2.64. The van der Waals surface area contributed by atoms with Gasteiger partial charge < -0.3 is 19.5 Å². The van der Waals surface area contributed by atoms with E-state index in [1.54, 1.807) is 14.2 Å². The van der Waals surface area contributed by atoms with Gasteiger partial charge in [-0.25, -0.2) is 0 Å². The number of carbonyl (C=O) groups excluding carboxylic acids is 1. The molecule has 1 saturated heterocycles. The summed E-state index contributed by atoms with van der Waals surface area (Å²) in [5, 5.41) is 2.83. The molecule has 1 aliphatic heterocycles. The minimum absolute atomic E-state index is 0.0670. The molecule has 88 valence electrons. The number of hydrogen-bond donors (Lipinski definition) is 1. The van der Waals surface area contributed by atoms with E-state index in [1.165, 1.54) is 6.92 Å². The minimum atomic E-state index is -0.255. The highest BCUT2D eigenvalue weighted by molar-refractivity contribution is 5.73. The van der Waals surface area contributed by atoms with E-state index in [0.29, 0.717) is 6.42 Å². The van der Waals surface area contributed by atoms with E-state index in [1.807, 2.05) is 6.92 Å². The predicted molar refractivity (Wildman–Crippen MR) is 54.4 cm³/mol. The third-order valence-electron chi connectivity index (χ3n) is 2.63. The molecular weight excluding hydrogens is 198 g/mol. The summed E-state index contributed by atoms with van der Waals surface area (Å²) in [6.45, 7) is 3.39. The van der Waals surface area contributed by atoms with Gasteiger partial charge in [0.05, 0.1) is 18.2 Å². The van der Waals surface area contributed by atoms with Crippen LogP contribution in [-0.4, -0.2) is 44.7 Å². The average molecular weight is 217 g/mol. The molecule has 0 unspecified atom stereocenters. The van der Waals surface area contributed by atoms with Gasteiger partial charge in [-0.05, 0) is 6.92 Å². The molecule has 1 heterocycles. The number of methoxy groups -OCH3 is 2. The molecule has 0 spiro atoms. The molecule has 1 aliphatic rings. The first kappa shape index (κ1) is 12.4. The second-order valence-corrected chi connectivity index (χ2v) is 3.74. The number of carbonyl (C=O) groups is 1. The van der Waals surface area contributed by atoms with Gasteiger partial charge in [-0.1, -0.05) is 0 Å². The Morgan fingerprint density at radius 1 is 1.40 bits per heavy atom. The third kappa shape index (κ3) is 3.15. The van der Waals surface area contributed by atoms with Crippen LogP contribution < -0.4 is 5.32 Å². The summed E-state index contributed by atoms with van der Waals surface area (Å²) in [6.07, 6.45) is 0.192. The molecule has 4 atom stereocenters. The molecule has 1 amide bonds. The first-order chi connectivity index (χ1) is 7.08. The quantitative estimate of drug-likeness (QED) is 0.738. The summed E-state index contributed by atoms with van der Waals surface area (Å²) in [7, 11) is 3.23. The van der Waals surface area contributed by atoms with Gasteiger partial charge in [0, 0.05) is 27.6 Å². The van der Waals surface area contributed by atoms with Crippen LogP contribution in [0.4, 0.5) is 0 Å². The van der Waals surface area contributed by atoms with Crippen molar-refractivity contribution >= 4 is 5.91 Å². The van der Waals surface area contributed by atoms with Gasteiger partial charge in [0.1, 0.15) is 0 Å². The first-order valence-corrected chi connectivity index (χ1v) is 5.06. The van der Waals surface area contributed by atoms with E-state index in [-0.39, 0.29) is 30.4 Å². The Hall–Kier alpha value is -0.650. The van der Waals surface area contributed by atoms with Crippen LogP contribution in [0, 0.1) is 0 Å². The van der Waals surface area contributed by atoms with E-state index in [4.69, 9.17) is 14.2 Å². The topological polar surface area (TPSA) is 56.8 Å². The Morgan fingerprint density at radius 2 is 2.07 bits per heavy atom. The van der Waals surface area contributed by atoms with Gasteiger partial charge in [-0.2, -0.15) is 0 Å². The molecule has 0 saturated carbocycles. The van der Waals surface area contributed by atoms with Crippen LogP contribution in [0.1, 0.15) is 20.3 Å². The Labute approximate surface area is 90.1 Å². The van der Waals surface area contributed by atoms with Crippen LogP contribution in [-0.2, 0) is 19.0 Å². The van der Waals surface area contributed by atoms with Gasteiger partial charge in [-0.15, -0.1) is 0 Å². The minimum Gasteiger partial charge on any atom is -0.379 e. The molecule has 15 heavy (non-hydrogen) atoms. The number of rotatable bonds is 3. The lowest BCUT2D eigenvalue weighted by Crippen LogP contribution is -2.56. The van der Waals surface area contributed by atoms with Crippen molar-refractivity contribution in [2.24, 2.45) is 0 Å². The maximum atomic E-state index is 11.0. The zero-order chi connectivity index (χ0) is 11.4. The van der Waals surface area contributed by atoms with Crippen molar-refractivity contribution in [1.29, 1.82) is 0 Å². The zero-order valence-corrected chi connectivity index (χ0v) is 9.65. The van der Waals surface area contributed by atoms with Crippen LogP contribution in [0.3, 0.4) is 0 Å². The highest BCUT2D eigenvalue weighted by Gasteiger charge is 2.37. The molecule has 1 fully saturated rings. The lowest BCUT2D eigenvalue weighted by Gasteiger charge is -2.39. The van der Waals surface area contributed by atoms with Gasteiger partial charge in [0.25, 0.3) is 0 Å². The van der Waals surface area contributed by atoms with Crippen molar-refractivity contribution in [3.8, 4) is 0 Å². The maximum absolute atomic E-state index is 11.0. The van der Waals surface area contributed by atoms with Crippen LogP contribution >= 0.6 is 0 Å². The molecule has 5 heteroatoms. The van der Waals surface area contributed by atoms with Crippen LogP contribution in [0.15, 0.2) is 0 Å². The van der Waals surface area contributed by atoms with E-state index in [9.17, 15) is 4.79 Å².